The predicted octanol–water partition coefficient (Wildman–Crippen LogP) is 3.20. The maximum Gasteiger partial charge on any atom is 0.123 e. The Kier molecular flexibility index (Phi) is 5.42. The van der Waals surface area contributed by atoms with Crippen molar-refractivity contribution in [2.45, 2.75) is 51.2 Å². The molecule has 0 aliphatic heterocycles. The molecule has 1 aromatic heterocycles. The number of halogens is 1. The Morgan fingerprint density at radius 3 is 2.68 bits per heavy atom. The number of aromatic nitrogens is 2. The number of aliphatic hydroxyl groups excluding tert-OH is 1. The van der Waals surface area contributed by atoms with Gasteiger partial charge in [0.1, 0.15) is 6.10 Å². The van der Waals surface area contributed by atoms with Crippen LogP contribution in [-0.4, -0.2) is 27.6 Å². The van der Waals surface area contributed by atoms with Crippen LogP contribution in [0.25, 0.3) is 0 Å². The first-order valence-corrected chi connectivity index (χ1v) is 7.91. The third-order valence-electron chi connectivity index (χ3n) is 4.00. The zero-order chi connectivity index (χ0) is 13.8. The van der Waals surface area contributed by atoms with E-state index in [0.717, 1.165) is 23.0 Å². The first-order valence-electron chi connectivity index (χ1n) is 7.12. The van der Waals surface area contributed by atoms with Crippen molar-refractivity contribution in [2.24, 2.45) is 13.0 Å². The van der Waals surface area contributed by atoms with Crippen LogP contribution in [0.4, 0.5) is 0 Å². The molecule has 0 bridgehead atoms. The molecule has 0 aromatic carbocycles. The number of hydrogen-bond donors (Lipinski definition) is 1. The van der Waals surface area contributed by atoms with E-state index in [1.165, 1.54) is 19.3 Å². The van der Waals surface area contributed by atoms with Crippen molar-refractivity contribution >= 4 is 15.9 Å². The maximum atomic E-state index is 10.7. The minimum absolute atomic E-state index is 0.128. The quantitative estimate of drug-likeness (QED) is 0.901. The van der Waals surface area contributed by atoms with Gasteiger partial charge in [-0.1, -0.05) is 19.3 Å². The fourth-order valence-electron chi connectivity index (χ4n) is 3.05. The summed E-state index contributed by atoms with van der Waals surface area (Å²) in [6, 6.07) is 0. The molecule has 1 heterocycles. The van der Waals surface area contributed by atoms with E-state index in [1.807, 2.05) is 14.0 Å². The highest BCUT2D eigenvalue weighted by atomic mass is 79.9. The second-order valence-corrected chi connectivity index (χ2v) is 6.12. The second-order valence-electron chi connectivity index (χ2n) is 5.26. The molecule has 1 aliphatic rings. The van der Waals surface area contributed by atoms with E-state index in [4.69, 9.17) is 4.74 Å². The van der Waals surface area contributed by atoms with E-state index >= 15 is 0 Å². The zero-order valence-corrected chi connectivity index (χ0v) is 13.3. The Bertz CT molecular complexity index is 383. The number of aryl methyl sites for hydroxylation is 1. The van der Waals surface area contributed by atoms with Gasteiger partial charge in [0.05, 0.1) is 22.5 Å². The minimum atomic E-state index is -0.620. The molecule has 2 atom stereocenters. The van der Waals surface area contributed by atoms with Gasteiger partial charge < -0.3 is 9.84 Å². The fourth-order valence-corrected chi connectivity index (χ4v) is 3.63. The molecule has 1 saturated carbocycles. The lowest BCUT2D eigenvalue weighted by molar-refractivity contribution is -0.0768. The fraction of sp³-hybridized carbons (Fsp3) is 0.786. The molecule has 1 N–H and O–H groups in total. The van der Waals surface area contributed by atoms with Crippen molar-refractivity contribution in [3.63, 3.8) is 0 Å². The van der Waals surface area contributed by atoms with Crippen LogP contribution in [0.3, 0.4) is 0 Å². The summed E-state index contributed by atoms with van der Waals surface area (Å²) < 4.78 is 8.44. The normalized spacial score (nSPS) is 20.4. The number of hydrogen-bond acceptors (Lipinski definition) is 3. The molecule has 19 heavy (non-hydrogen) atoms. The lowest BCUT2D eigenvalue weighted by Gasteiger charge is -2.33. The number of nitrogens with zero attached hydrogens (tertiary/aromatic N) is 2. The summed E-state index contributed by atoms with van der Waals surface area (Å²) in [4.78, 5) is 0. The van der Waals surface area contributed by atoms with Crippen LogP contribution < -0.4 is 0 Å². The Morgan fingerprint density at radius 1 is 1.47 bits per heavy atom. The summed E-state index contributed by atoms with van der Waals surface area (Å²) in [7, 11) is 1.85. The van der Waals surface area contributed by atoms with Crippen LogP contribution >= 0.6 is 15.9 Å². The van der Waals surface area contributed by atoms with E-state index in [0.29, 0.717) is 12.5 Å². The molecular weight excluding hydrogens is 308 g/mol. The third kappa shape index (κ3) is 3.38. The third-order valence-corrected chi connectivity index (χ3v) is 4.61. The standard InChI is InChI=1S/C14H23BrN2O2/c1-3-19-14(10-7-5-4-6-8-10)13(18)12-11(15)9-16-17(12)2/h9-10,13-14,18H,3-8H2,1-2H3. The highest BCUT2D eigenvalue weighted by molar-refractivity contribution is 9.10. The predicted molar refractivity (Wildman–Crippen MR) is 77.9 cm³/mol. The van der Waals surface area contributed by atoms with Crippen LogP contribution in [-0.2, 0) is 11.8 Å². The summed E-state index contributed by atoms with van der Waals surface area (Å²) in [5.41, 5.74) is 0.809. The van der Waals surface area contributed by atoms with Crippen LogP contribution in [0.2, 0.25) is 0 Å². The first kappa shape index (κ1) is 15.0. The highest BCUT2D eigenvalue weighted by Crippen LogP contribution is 2.36. The van der Waals surface area contributed by atoms with E-state index in [2.05, 4.69) is 21.0 Å². The Balaban J connectivity index is 2.18. The molecule has 0 spiro atoms. The van der Waals surface area contributed by atoms with Crippen LogP contribution in [0, 0.1) is 5.92 Å². The van der Waals surface area contributed by atoms with Gasteiger partial charge in [0.15, 0.2) is 0 Å². The lowest BCUT2D eigenvalue weighted by Crippen LogP contribution is -2.33. The Labute approximate surface area is 123 Å². The molecule has 2 rings (SSSR count). The van der Waals surface area contributed by atoms with Crippen LogP contribution in [0.5, 0.6) is 0 Å². The van der Waals surface area contributed by atoms with Crippen LogP contribution in [0.1, 0.15) is 50.8 Å². The molecule has 1 aromatic rings. The van der Waals surface area contributed by atoms with Crippen molar-refractivity contribution in [1.29, 1.82) is 0 Å². The summed E-state index contributed by atoms with van der Waals surface area (Å²) in [5, 5.41) is 14.9. The van der Waals surface area contributed by atoms with Gasteiger partial charge in [-0.25, -0.2) is 0 Å². The van der Waals surface area contributed by atoms with Gasteiger partial charge in [0.2, 0.25) is 0 Å². The molecule has 4 nitrogen and oxygen atoms in total. The average Bonchev–Trinajstić information content (AvgIpc) is 2.76. The van der Waals surface area contributed by atoms with Gasteiger partial charge in [0.25, 0.3) is 0 Å². The monoisotopic (exact) mass is 330 g/mol. The zero-order valence-electron chi connectivity index (χ0n) is 11.7. The van der Waals surface area contributed by atoms with E-state index in [9.17, 15) is 5.11 Å². The molecule has 0 saturated heterocycles. The lowest BCUT2D eigenvalue weighted by atomic mass is 9.82. The molecule has 0 amide bonds. The summed E-state index contributed by atoms with van der Waals surface area (Å²) in [5.74, 6) is 0.450. The second kappa shape index (κ2) is 6.86. The van der Waals surface area contributed by atoms with Gasteiger partial charge in [0, 0.05) is 13.7 Å². The maximum absolute atomic E-state index is 10.7. The molecule has 2 unspecified atom stereocenters. The van der Waals surface area contributed by atoms with Gasteiger partial charge >= 0.3 is 0 Å². The number of aliphatic hydroxyl groups is 1. The largest absolute Gasteiger partial charge is 0.384 e. The summed E-state index contributed by atoms with van der Waals surface area (Å²) in [6.45, 7) is 2.62. The molecule has 108 valence electrons. The van der Waals surface area contributed by atoms with Crippen molar-refractivity contribution < 1.29 is 9.84 Å². The molecule has 1 aliphatic carbocycles. The summed E-state index contributed by atoms with van der Waals surface area (Å²) in [6.07, 6.45) is 7.07. The van der Waals surface area contributed by atoms with Gasteiger partial charge in [-0.3, -0.25) is 4.68 Å². The molecular formula is C14H23BrN2O2. The number of ether oxygens (including phenoxy) is 1. The number of rotatable bonds is 5. The van der Waals surface area contributed by atoms with Gasteiger partial charge in [-0.05, 0) is 41.6 Å². The van der Waals surface area contributed by atoms with Crippen LogP contribution in [0.15, 0.2) is 10.7 Å². The minimum Gasteiger partial charge on any atom is -0.384 e. The average molecular weight is 331 g/mol. The van der Waals surface area contributed by atoms with Crippen molar-refractivity contribution in [2.75, 3.05) is 6.61 Å². The van der Waals surface area contributed by atoms with E-state index < -0.39 is 6.10 Å². The molecule has 1 fully saturated rings. The van der Waals surface area contributed by atoms with Gasteiger partial charge in [-0.2, -0.15) is 5.10 Å². The SMILES string of the molecule is CCOC(C1CCCCC1)C(O)c1c(Br)cnn1C. The van der Waals surface area contributed by atoms with E-state index in [1.54, 1.807) is 10.9 Å². The van der Waals surface area contributed by atoms with Gasteiger partial charge in [-0.15, -0.1) is 0 Å². The van der Waals surface area contributed by atoms with Crippen molar-refractivity contribution in [1.82, 2.24) is 9.78 Å². The Morgan fingerprint density at radius 2 is 2.16 bits per heavy atom. The molecule has 5 heteroatoms. The van der Waals surface area contributed by atoms with Crippen molar-refractivity contribution in [3.8, 4) is 0 Å². The van der Waals surface area contributed by atoms with E-state index in [-0.39, 0.29) is 6.10 Å². The summed E-state index contributed by atoms with van der Waals surface area (Å²) >= 11 is 3.46. The van der Waals surface area contributed by atoms with Crippen molar-refractivity contribution in [3.05, 3.63) is 16.4 Å². The highest BCUT2D eigenvalue weighted by Gasteiger charge is 2.33. The topological polar surface area (TPSA) is 47.3 Å². The smallest absolute Gasteiger partial charge is 0.123 e. The Hall–Kier alpha value is -0.390. The first-order chi connectivity index (χ1) is 9.15. The molecule has 0 radical (unpaired) electrons.